The molecule has 0 radical (unpaired) electrons. The number of aromatic hydroxyl groups is 2. The average Bonchev–Trinajstić information content (AvgIpc) is 3.48. The molecule has 2 aliphatic rings. The summed E-state index contributed by atoms with van der Waals surface area (Å²) in [5.41, 5.74) is 0.416. The van der Waals surface area contributed by atoms with Gasteiger partial charge in [-0.15, -0.1) is 0 Å². The van der Waals surface area contributed by atoms with Crippen LogP contribution in [0, 0.1) is 10.8 Å². The minimum atomic E-state index is -0.749. The Balaban J connectivity index is 1.61. The first-order valence-electron chi connectivity index (χ1n) is 9.29. The van der Waals surface area contributed by atoms with Gasteiger partial charge in [0.15, 0.2) is 11.5 Å². The van der Waals surface area contributed by atoms with E-state index < -0.39 is 22.8 Å². The van der Waals surface area contributed by atoms with Crippen LogP contribution >= 0.6 is 0 Å². The van der Waals surface area contributed by atoms with Gasteiger partial charge < -0.3 is 20.4 Å². The summed E-state index contributed by atoms with van der Waals surface area (Å²) >= 11 is 0. The molecule has 0 heterocycles. The van der Waals surface area contributed by atoms with Gasteiger partial charge in [-0.3, -0.25) is 9.59 Å². The molecule has 26 heavy (non-hydrogen) atoms. The van der Waals surface area contributed by atoms with Crippen LogP contribution in [0.3, 0.4) is 0 Å². The minimum Gasteiger partial charge on any atom is -0.504 e. The summed E-state index contributed by atoms with van der Waals surface area (Å²) in [7, 11) is 0. The Bertz CT molecular complexity index is 715. The van der Waals surface area contributed by atoms with Gasteiger partial charge in [-0.05, 0) is 75.8 Å². The van der Waals surface area contributed by atoms with Gasteiger partial charge in [0.1, 0.15) is 0 Å². The quantitative estimate of drug-likeness (QED) is 0.474. The number of rotatable bonds is 10. The van der Waals surface area contributed by atoms with E-state index in [-0.39, 0.29) is 11.5 Å². The molecule has 1 aromatic carbocycles. The smallest absolute Gasteiger partial charge is 0.309 e. The predicted octanol–water partition coefficient (Wildman–Crippen LogP) is 3.47. The lowest BCUT2D eigenvalue weighted by Gasteiger charge is -2.15. The Labute approximate surface area is 152 Å². The fourth-order valence-corrected chi connectivity index (χ4v) is 3.84. The van der Waals surface area contributed by atoms with Crippen molar-refractivity contribution in [1.82, 2.24) is 0 Å². The topological polar surface area (TPSA) is 115 Å². The molecule has 2 fully saturated rings. The molecule has 6 nitrogen and oxygen atoms in total. The van der Waals surface area contributed by atoms with Gasteiger partial charge in [0, 0.05) is 5.56 Å². The Morgan fingerprint density at radius 1 is 0.846 bits per heavy atom. The first-order chi connectivity index (χ1) is 12.3. The molecule has 3 rings (SSSR count). The summed E-state index contributed by atoms with van der Waals surface area (Å²) in [4.78, 5) is 22.5. The van der Waals surface area contributed by atoms with Gasteiger partial charge in [-0.2, -0.15) is 0 Å². The van der Waals surface area contributed by atoms with Crippen molar-refractivity contribution in [3.05, 3.63) is 23.3 Å². The van der Waals surface area contributed by atoms with E-state index in [4.69, 9.17) is 0 Å². The first kappa shape index (κ1) is 18.5. The average molecular weight is 362 g/mol. The molecule has 0 unspecified atom stereocenters. The highest BCUT2D eigenvalue weighted by Crippen LogP contribution is 2.51. The van der Waals surface area contributed by atoms with E-state index in [2.05, 4.69) is 0 Å². The minimum absolute atomic E-state index is 0.137. The van der Waals surface area contributed by atoms with Gasteiger partial charge in [-0.1, -0.05) is 6.07 Å². The Morgan fingerprint density at radius 2 is 1.35 bits per heavy atom. The number of aliphatic carboxylic acids is 2. The molecule has 4 N–H and O–H groups in total. The van der Waals surface area contributed by atoms with E-state index in [0.717, 1.165) is 18.4 Å². The second-order valence-electron chi connectivity index (χ2n) is 7.95. The molecular weight excluding hydrogens is 336 g/mol. The highest BCUT2D eigenvalue weighted by Gasteiger charge is 2.50. The highest BCUT2D eigenvalue weighted by atomic mass is 16.4. The van der Waals surface area contributed by atoms with Crippen LogP contribution in [-0.4, -0.2) is 32.4 Å². The van der Waals surface area contributed by atoms with Crippen LogP contribution in [-0.2, 0) is 22.4 Å². The summed E-state index contributed by atoms with van der Waals surface area (Å²) in [6.45, 7) is 0. The monoisotopic (exact) mass is 362 g/mol. The SMILES string of the molecule is O=C(O)C1(CCCc2ccc(O)c(O)c2CCCC2(C(=O)O)CC2)CC1. The van der Waals surface area contributed by atoms with E-state index in [1.165, 1.54) is 6.07 Å². The molecule has 142 valence electrons. The Hall–Kier alpha value is -2.24. The largest absolute Gasteiger partial charge is 0.504 e. The maximum Gasteiger partial charge on any atom is 0.309 e. The van der Waals surface area contributed by atoms with Gasteiger partial charge in [0.05, 0.1) is 10.8 Å². The van der Waals surface area contributed by atoms with Crippen molar-refractivity contribution >= 4 is 11.9 Å². The molecule has 2 saturated carbocycles. The zero-order chi connectivity index (χ0) is 18.9. The van der Waals surface area contributed by atoms with Crippen molar-refractivity contribution in [1.29, 1.82) is 0 Å². The van der Waals surface area contributed by atoms with Crippen molar-refractivity contribution in [2.24, 2.45) is 10.8 Å². The predicted molar refractivity (Wildman–Crippen MR) is 94.3 cm³/mol. The third-order valence-corrected chi connectivity index (χ3v) is 6.16. The van der Waals surface area contributed by atoms with Crippen LogP contribution in [0.5, 0.6) is 11.5 Å². The van der Waals surface area contributed by atoms with Crippen molar-refractivity contribution in [2.75, 3.05) is 0 Å². The molecule has 0 spiro atoms. The number of benzene rings is 1. The van der Waals surface area contributed by atoms with Crippen molar-refractivity contribution in [3.8, 4) is 11.5 Å². The molecular formula is C20H26O6. The van der Waals surface area contributed by atoms with E-state index in [9.17, 15) is 30.0 Å². The molecule has 0 amide bonds. The van der Waals surface area contributed by atoms with Crippen LogP contribution < -0.4 is 0 Å². The van der Waals surface area contributed by atoms with E-state index in [0.29, 0.717) is 56.9 Å². The number of hydrogen-bond donors (Lipinski definition) is 4. The van der Waals surface area contributed by atoms with Crippen molar-refractivity contribution in [3.63, 3.8) is 0 Å². The lowest BCUT2D eigenvalue weighted by molar-refractivity contribution is -0.144. The number of aryl methyl sites for hydroxylation is 1. The van der Waals surface area contributed by atoms with E-state index in [1.54, 1.807) is 6.07 Å². The number of phenols is 2. The molecule has 6 heteroatoms. The van der Waals surface area contributed by atoms with Crippen LogP contribution in [0.15, 0.2) is 12.1 Å². The number of carbonyl (C=O) groups is 2. The Kier molecular flexibility index (Phi) is 4.86. The van der Waals surface area contributed by atoms with Crippen LogP contribution in [0.25, 0.3) is 0 Å². The summed E-state index contributed by atoms with van der Waals surface area (Å²) in [6.07, 6.45) is 6.55. The van der Waals surface area contributed by atoms with Crippen molar-refractivity contribution in [2.45, 2.75) is 64.2 Å². The standard InChI is InChI=1S/C20H26O6/c21-15-6-5-13(3-1-7-19(9-10-19)17(23)24)14(16(15)22)4-2-8-20(11-12-20)18(25)26/h5-6,21-22H,1-4,7-12H2,(H,23,24)(H,25,26). The maximum absolute atomic E-state index is 11.3. The number of hydrogen-bond acceptors (Lipinski definition) is 4. The zero-order valence-electron chi connectivity index (χ0n) is 14.8. The van der Waals surface area contributed by atoms with E-state index in [1.807, 2.05) is 0 Å². The van der Waals surface area contributed by atoms with Gasteiger partial charge in [0.2, 0.25) is 0 Å². The normalized spacial score (nSPS) is 19.1. The second kappa shape index (κ2) is 6.82. The van der Waals surface area contributed by atoms with Crippen LogP contribution in [0.1, 0.15) is 62.5 Å². The first-order valence-corrected chi connectivity index (χ1v) is 9.29. The summed E-state index contributed by atoms with van der Waals surface area (Å²) in [5, 5.41) is 38.6. The number of phenolic OH excluding ortho intramolecular Hbond substituents is 2. The van der Waals surface area contributed by atoms with E-state index >= 15 is 0 Å². The molecule has 1 aromatic rings. The molecule has 0 aromatic heterocycles. The molecule has 0 saturated heterocycles. The zero-order valence-corrected chi connectivity index (χ0v) is 14.8. The molecule has 0 bridgehead atoms. The van der Waals surface area contributed by atoms with Crippen LogP contribution in [0.4, 0.5) is 0 Å². The molecule has 0 aliphatic heterocycles. The lowest BCUT2D eigenvalue weighted by atomic mass is 9.91. The maximum atomic E-state index is 11.3. The number of carboxylic acids is 2. The van der Waals surface area contributed by atoms with Gasteiger partial charge >= 0.3 is 11.9 Å². The second-order valence-corrected chi connectivity index (χ2v) is 7.95. The Morgan fingerprint density at radius 3 is 1.81 bits per heavy atom. The van der Waals surface area contributed by atoms with Crippen LogP contribution in [0.2, 0.25) is 0 Å². The van der Waals surface area contributed by atoms with Gasteiger partial charge in [0.25, 0.3) is 0 Å². The van der Waals surface area contributed by atoms with Gasteiger partial charge in [-0.25, -0.2) is 0 Å². The third kappa shape index (κ3) is 3.64. The molecule has 0 atom stereocenters. The molecule has 2 aliphatic carbocycles. The summed E-state index contributed by atoms with van der Waals surface area (Å²) < 4.78 is 0. The third-order valence-electron chi connectivity index (χ3n) is 6.16. The fourth-order valence-electron chi connectivity index (χ4n) is 3.84. The lowest BCUT2D eigenvalue weighted by Crippen LogP contribution is -2.15. The fraction of sp³-hybridized carbons (Fsp3) is 0.600. The van der Waals surface area contributed by atoms with Crippen molar-refractivity contribution < 1.29 is 30.0 Å². The highest BCUT2D eigenvalue weighted by molar-refractivity contribution is 5.78. The summed E-state index contributed by atoms with van der Waals surface area (Å²) in [6, 6.07) is 3.23. The number of carboxylic acid groups (broad SMARTS) is 2. The summed E-state index contributed by atoms with van der Waals surface area (Å²) in [5.74, 6) is -1.79.